The molecule has 0 radical (unpaired) electrons. The van der Waals surface area contributed by atoms with Crippen LogP contribution in [0.3, 0.4) is 0 Å². The summed E-state index contributed by atoms with van der Waals surface area (Å²) in [5.74, 6) is 1.30. The van der Waals surface area contributed by atoms with Crippen molar-refractivity contribution in [3.8, 4) is 0 Å². The van der Waals surface area contributed by atoms with Crippen LogP contribution in [0.5, 0.6) is 0 Å². The van der Waals surface area contributed by atoms with Crippen LogP contribution in [0.4, 0.5) is 5.69 Å². The highest BCUT2D eigenvalue weighted by atomic mass is 32.2. The number of hydrogen-bond acceptors (Lipinski definition) is 6. The molecule has 0 saturated heterocycles. The monoisotopic (exact) mass is 453 g/mol. The number of non-ortho nitro benzene ring substituents is 1. The SMILES string of the molecule is CCn1c(SCc2ccc([N+](=O)[O-])cc2)nnc1[C@H](NC(=O)c1cccc(C)c1)C(C)C. The third kappa shape index (κ3) is 5.53. The molecule has 168 valence electrons. The minimum absolute atomic E-state index is 0.0712. The Morgan fingerprint density at radius 2 is 1.91 bits per heavy atom. The Hall–Kier alpha value is -3.20. The maximum Gasteiger partial charge on any atom is 0.269 e. The molecule has 3 rings (SSSR count). The van der Waals surface area contributed by atoms with E-state index in [0.717, 1.165) is 22.1 Å². The highest BCUT2D eigenvalue weighted by molar-refractivity contribution is 7.98. The van der Waals surface area contributed by atoms with Crippen molar-refractivity contribution >= 4 is 23.4 Å². The van der Waals surface area contributed by atoms with Crippen molar-refractivity contribution in [2.24, 2.45) is 5.92 Å². The third-order valence-corrected chi connectivity index (χ3v) is 6.13. The van der Waals surface area contributed by atoms with Gasteiger partial charge in [0.1, 0.15) is 0 Å². The van der Waals surface area contributed by atoms with E-state index in [2.05, 4.69) is 15.5 Å². The summed E-state index contributed by atoms with van der Waals surface area (Å²) in [6, 6.07) is 13.7. The van der Waals surface area contributed by atoms with Crippen molar-refractivity contribution in [1.82, 2.24) is 20.1 Å². The highest BCUT2D eigenvalue weighted by Gasteiger charge is 2.26. The summed E-state index contributed by atoms with van der Waals surface area (Å²) in [6.07, 6.45) is 0. The molecule has 0 unspecified atom stereocenters. The Morgan fingerprint density at radius 3 is 2.50 bits per heavy atom. The first kappa shape index (κ1) is 23.5. The fourth-order valence-corrected chi connectivity index (χ4v) is 4.30. The highest BCUT2D eigenvalue weighted by Crippen LogP contribution is 2.28. The van der Waals surface area contributed by atoms with E-state index in [4.69, 9.17) is 0 Å². The first-order valence-corrected chi connectivity index (χ1v) is 11.5. The van der Waals surface area contributed by atoms with Crippen LogP contribution in [0.2, 0.25) is 0 Å². The maximum absolute atomic E-state index is 12.9. The van der Waals surface area contributed by atoms with E-state index in [-0.39, 0.29) is 23.6 Å². The number of amides is 1. The molecular weight excluding hydrogens is 426 g/mol. The molecule has 0 saturated carbocycles. The zero-order chi connectivity index (χ0) is 23.3. The molecule has 8 nitrogen and oxygen atoms in total. The van der Waals surface area contributed by atoms with Crippen molar-refractivity contribution in [2.45, 2.75) is 51.2 Å². The second kappa shape index (κ2) is 10.4. The first-order chi connectivity index (χ1) is 15.3. The number of nitrogens with zero attached hydrogens (tertiary/aromatic N) is 4. The summed E-state index contributed by atoms with van der Waals surface area (Å²) in [5, 5.41) is 23.5. The number of rotatable bonds is 9. The zero-order valence-corrected chi connectivity index (χ0v) is 19.4. The summed E-state index contributed by atoms with van der Waals surface area (Å²) >= 11 is 1.51. The lowest BCUT2D eigenvalue weighted by Gasteiger charge is -2.22. The van der Waals surface area contributed by atoms with Crippen LogP contribution in [0.25, 0.3) is 0 Å². The number of hydrogen-bond donors (Lipinski definition) is 1. The predicted octanol–water partition coefficient (Wildman–Crippen LogP) is 4.93. The van der Waals surface area contributed by atoms with Gasteiger partial charge in [-0.15, -0.1) is 10.2 Å². The quantitative estimate of drug-likeness (QED) is 0.280. The molecule has 1 N–H and O–H groups in total. The van der Waals surface area contributed by atoms with Gasteiger partial charge in [-0.25, -0.2) is 0 Å². The third-order valence-electron chi connectivity index (χ3n) is 5.09. The van der Waals surface area contributed by atoms with Gasteiger partial charge in [-0.1, -0.05) is 55.4 Å². The van der Waals surface area contributed by atoms with Gasteiger partial charge in [0.2, 0.25) is 0 Å². The first-order valence-electron chi connectivity index (χ1n) is 10.5. The number of aromatic nitrogens is 3. The number of carbonyl (C=O) groups excluding carboxylic acids is 1. The van der Waals surface area contributed by atoms with Crippen LogP contribution in [-0.2, 0) is 12.3 Å². The lowest BCUT2D eigenvalue weighted by Crippen LogP contribution is -2.33. The number of benzene rings is 2. The lowest BCUT2D eigenvalue weighted by molar-refractivity contribution is -0.384. The van der Waals surface area contributed by atoms with Crippen LogP contribution in [0, 0.1) is 23.0 Å². The minimum atomic E-state index is -0.409. The lowest BCUT2D eigenvalue weighted by atomic mass is 10.0. The van der Waals surface area contributed by atoms with Gasteiger partial charge < -0.3 is 9.88 Å². The summed E-state index contributed by atoms with van der Waals surface area (Å²) in [5.41, 5.74) is 2.68. The zero-order valence-electron chi connectivity index (χ0n) is 18.6. The summed E-state index contributed by atoms with van der Waals surface area (Å²) in [6.45, 7) is 8.72. The normalized spacial score (nSPS) is 12.0. The van der Waals surface area contributed by atoms with Gasteiger partial charge in [-0.3, -0.25) is 14.9 Å². The molecule has 1 amide bonds. The van der Waals surface area contributed by atoms with Crippen molar-refractivity contribution < 1.29 is 9.72 Å². The number of aryl methyl sites for hydroxylation is 1. The number of thioether (sulfide) groups is 1. The molecule has 9 heteroatoms. The second-order valence-electron chi connectivity index (χ2n) is 7.86. The largest absolute Gasteiger partial charge is 0.342 e. The van der Waals surface area contributed by atoms with Gasteiger partial charge in [0.15, 0.2) is 11.0 Å². The Balaban J connectivity index is 1.77. The number of carbonyl (C=O) groups is 1. The van der Waals surface area contributed by atoms with E-state index in [9.17, 15) is 14.9 Å². The average molecular weight is 454 g/mol. The molecule has 0 spiro atoms. The number of nitrogens with one attached hydrogen (secondary N) is 1. The minimum Gasteiger partial charge on any atom is -0.342 e. The van der Waals surface area contributed by atoms with E-state index >= 15 is 0 Å². The topological polar surface area (TPSA) is 103 Å². The van der Waals surface area contributed by atoms with Crippen LogP contribution in [0.1, 0.15) is 54.1 Å². The molecule has 0 aliphatic rings. The number of nitro groups is 1. The molecule has 3 aromatic rings. The molecule has 1 aromatic heterocycles. The van der Waals surface area contributed by atoms with E-state index < -0.39 is 4.92 Å². The molecule has 2 aromatic carbocycles. The molecule has 1 atom stereocenters. The van der Waals surface area contributed by atoms with E-state index in [1.807, 2.05) is 50.5 Å². The molecule has 0 bridgehead atoms. The fourth-order valence-electron chi connectivity index (χ4n) is 3.34. The summed E-state index contributed by atoms with van der Waals surface area (Å²) < 4.78 is 2.01. The molecule has 32 heavy (non-hydrogen) atoms. The van der Waals surface area contributed by atoms with Gasteiger partial charge in [0.25, 0.3) is 11.6 Å². The van der Waals surface area contributed by atoms with Gasteiger partial charge in [0, 0.05) is 30.0 Å². The van der Waals surface area contributed by atoms with Gasteiger partial charge in [-0.05, 0) is 37.5 Å². The molecule has 0 aliphatic heterocycles. The second-order valence-corrected chi connectivity index (χ2v) is 8.80. The standard InChI is InChI=1S/C23H27N5O3S/c1-5-27-21(20(15(2)3)24-22(29)18-8-6-7-16(4)13-18)25-26-23(27)32-14-17-9-11-19(12-10-17)28(30)31/h6-13,15,20H,5,14H2,1-4H3,(H,24,29)/t20-/m1/s1. The van der Waals surface area contributed by atoms with Crippen LogP contribution >= 0.6 is 11.8 Å². The molecule has 0 aliphatic carbocycles. The molecule has 1 heterocycles. The van der Waals surface area contributed by atoms with Gasteiger partial charge in [-0.2, -0.15) is 0 Å². The van der Waals surface area contributed by atoms with Gasteiger partial charge in [0.05, 0.1) is 11.0 Å². The van der Waals surface area contributed by atoms with Crippen molar-refractivity contribution in [1.29, 1.82) is 0 Å². The number of nitro benzene ring substituents is 1. The Labute approximate surface area is 191 Å². The average Bonchev–Trinajstić information content (AvgIpc) is 3.18. The smallest absolute Gasteiger partial charge is 0.269 e. The Kier molecular flexibility index (Phi) is 7.63. The van der Waals surface area contributed by atoms with E-state index in [0.29, 0.717) is 17.9 Å². The van der Waals surface area contributed by atoms with Crippen LogP contribution in [0.15, 0.2) is 53.7 Å². The van der Waals surface area contributed by atoms with E-state index in [1.54, 1.807) is 18.2 Å². The van der Waals surface area contributed by atoms with Crippen molar-refractivity contribution in [3.63, 3.8) is 0 Å². The van der Waals surface area contributed by atoms with Crippen LogP contribution in [-0.4, -0.2) is 25.6 Å². The van der Waals surface area contributed by atoms with E-state index in [1.165, 1.54) is 23.9 Å². The predicted molar refractivity (Wildman–Crippen MR) is 125 cm³/mol. The Bertz CT molecular complexity index is 1100. The summed E-state index contributed by atoms with van der Waals surface area (Å²) in [7, 11) is 0. The fraction of sp³-hybridized carbons (Fsp3) is 0.348. The van der Waals surface area contributed by atoms with Crippen LogP contribution < -0.4 is 5.32 Å². The Morgan fingerprint density at radius 1 is 1.19 bits per heavy atom. The maximum atomic E-state index is 12.9. The van der Waals surface area contributed by atoms with Gasteiger partial charge >= 0.3 is 0 Å². The summed E-state index contributed by atoms with van der Waals surface area (Å²) in [4.78, 5) is 23.3. The van der Waals surface area contributed by atoms with Crippen molar-refractivity contribution in [2.75, 3.05) is 0 Å². The molecule has 0 fully saturated rings. The van der Waals surface area contributed by atoms with Crippen molar-refractivity contribution in [3.05, 3.63) is 81.2 Å². The molecular formula is C23H27N5O3S.